The number of rotatable bonds is 3. The Balaban J connectivity index is 1.44. The van der Waals surface area contributed by atoms with E-state index in [9.17, 15) is 0 Å². The van der Waals surface area contributed by atoms with Gasteiger partial charge in [-0.3, -0.25) is 14.7 Å². The van der Waals surface area contributed by atoms with Crippen LogP contribution in [0.25, 0.3) is 0 Å². The molecule has 6 rings (SSSR count). The summed E-state index contributed by atoms with van der Waals surface area (Å²) in [5.41, 5.74) is 3.55. The van der Waals surface area contributed by atoms with Gasteiger partial charge in [0.2, 0.25) is 0 Å². The van der Waals surface area contributed by atoms with Crippen LogP contribution < -0.4 is 10.1 Å². The van der Waals surface area contributed by atoms with Crippen LogP contribution in [0.2, 0.25) is 0 Å². The second-order valence-electron chi connectivity index (χ2n) is 8.51. The molecule has 4 heteroatoms. The molecule has 2 aliphatic heterocycles. The van der Waals surface area contributed by atoms with E-state index in [0.717, 1.165) is 30.6 Å². The maximum atomic E-state index is 6.69. The molecule has 0 radical (unpaired) electrons. The normalized spacial score (nSPS) is 30.2. The maximum Gasteiger partial charge on any atom is 0.0930 e. The topological polar surface area (TPSA) is 24.9 Å². The highest BCUT2D eigenvalue weighted by atomic mass is 16.7. The van der Waals surface area contributed by atoms with E-state index < -0.39 is 0 Å². The fraction of sp³-hybridized carbons (Fsp3) is 0.308. The van der Waals surface area contributed by atoms with Crippen molar-refractivity contribution < 1.29 is 9.68 Å². The van der Waals surface area contributed by atoms with E-state index in [2.05, 4.69) is 101 Å². The highest BCUT2D eigenvalue weighted by molar-refractivity contribution is 5.50. The van der Waals surface area contributed by atoms with Crippen molar-refractivity contribution in [3.05, 3.63) is 96.6 Å². The molecular weight excluding hydrogens is 372 g/mol. The van der Waals surface area contributed by atoms with Gasteiger partial charge < -0.3 is 0 Å². The van der Waals surface area contributed by atoms with Crippen LogP contribution in [0.15, 0.2) is 91.0 Å². The fourth-order valence-corrected chi connectivity index (χ4v) is 5.46. The molecule has 1 saturated carbocycles. The molecular formula is C26H26N2O2. The van der Waals surface area contributed by atoms with Crippen LogP contribution in [0.5, 0.6) is 0 Å². The molecule has 0 amide bonds. The Morgan fingerprint density at radius 3 is 1.90 bits per heavy atom. The van der Waals surface area contributed by atoms with Crippen molar-refractivity contribution in [2.24, 2.45) is 5.92 Å². The number of anilines is 2. The third-order valence-corrected chi connectivity index (χ3v) is 6.74. The van der Waals surface area contributed by atoms with Gasteiger partial charge in [-0.05, 0) is 49.1 Å². The smallest absolute Gasteiger partial charge is 0.0930 e. The Morgan fingerprint density at radius 2 is 1.23 bits per heavy atom. The van der Waals surface area contributed by atoms with Gasteiger partial charge in [-0.25, -0.2) is 5.06 Å². The van der Waals surface area contributed by atoms with E-state index >= 15 is 0 Å². The van der Waals surface area contributed by atoms with E-state index in [0.29, 0.717) is 5.92 Å². The summed E-state index contributed by atoms with van der Waals surface area (Å²) in [5, 5.41) is 4.34. The van der Waals surface area contributed by atoms with Crippen molar-refractivity contribution in [1.82, 2.24) is 0 Å². The van der Waals surface area contributed by atoms with Gasteiger partial charge in [0.1, 0.15) is 0 Å². The summed E-state index contributed by atoms with van der Waals surface area (Å²) in [7, 11) is 0. The van der Waals surface area contributed by atoms with Crippen LogP contribution >= 0.6 is 0 Å². The number of fused-ring (bicyclic) bond motifs is 4. The quantitative estimate of drug-likeness (QED) is 0.579. The number of para-hydroxylation sites is 2. The van der Waals surface area contributed by atoms with Crippen LogP contribution in [0.4, 0.5) is 11.4 Å². The number of nitrogens with zero attached hydrogens (tertiary/aromatic N) is 2. The molecule has 30 heavy (non-hydrogen) atoms. The molecule has 2 bridgehead atoms. The lowest BCUT2D eigenvalue weighted by atomic mass is 9.82. The van der Waals surface area contributed by atoms with Crippen molar-refractivity contribution in [3.63, 3.8) is 0 Å². The van der Waals surface area contributed by atoms with Gasteiger partial charge in [-0.2, -0.15) is 0 Å². The second-order valence-corrected chi connectivity index (χ2v) is 8.51. The zero-order valence-electron chi connectivity index (χ0n) is 16.9. The minimum absolute atomic E-state index is 0.148. The molecule has 152 valence electrons. The van der Waals surface area contributed by atoms with Crippen molar-refractivity contribution in [2.75, 3.05) is 10.1 Å². The van der Waals surface area contributed by atoms with Crippen LogP contribution in [-0.2, 0) is 9.68 Å². The average molecular weight is 399 g/mol. The fourth-order valence-electron chi connectivity index (χ4n) is 5.46. The van der Waals surface area contributed by atoms with Gasteiger partial charge in [-0.1, -0.05) is 66.7 Å². The molecule has 4 nitrogen and oxygen atoms in total. The highest BCUT2D eigenvalue weighted by Crippen LogP contribution is 2.51. The average Bonchev–Trinajstić information content (AvgIpc) is 3.35. The molecule has 0 aromatic heterocycles. The Morgan fingerprint density at radius 1 is 0.633 bits per heavy atom. The first-order valence-corrected chi connectivity index (χ1v) is 11.0. The van der Waals surface area contributed by atoms with Gasteiger partial charge in [0.05, 0.1) is 35.7 Å². The van der Waals surface area contributed by atoms with Gasteiger partial charge in [0.25, 0.3) is 0 Å². The molecule has 0 spiro atoms. The predicted molar refractivity (Wildman–Crippen MR) is 118 cm³/mol. The highest BCUT2D eigenvalue weighted by Gasteiger charge is 2.54. The largest absolute Gasteiger partial charge is 0.270 e. The molecule has 1 aliphatic carbocycles. The zero-order valence-corrected chi connectivity index (χ0v) is 16.9. The Bertz CT molecular complexity index is 982. The van der Waals surface area contributed by atoms with Crippen LogP contribution in [0, 0.1) is 5.92 Å². The third-order valence-electron chi connectivity index (χ3n) is 6.74. The second kappa shape index (κ2) is 7.46. The van der Waals surface area contributed by atoms with Gasteiger partial charge in [-0.15, -0.1) is 0 Å². The molecule has 5 atom stereocenters. The zero-order chi connectivity index (χ0) is 19.9. The van der Waals surface area contributed by atoms with Crippen molar-refractivity contribution in [1.29, 1.82) is 0 Å². The van der Waals surface area contributed by atoms with E-state index in [1.807, 2.05) is 0 Å². The van der Waals surface area contributed by atoms with Gasteiger partial charge in [0, 0.05) is 5.92 Å². The minimum Gasteiger partial charge on any atom is -0.270 e. The summed E-state index contributed by atoms with van der Waals surface area (Å²) in [4.78, 5) is 13.1. The lowest BCUT2D eigenvalue weighted by Gasteiger charge is -2.35. The molecule has 3 aromatic carbocycles. The minimum atomic E-state index is 0.148. The van der Waals surface area contributed by atoms with Crippen LogP contribution in [0.3, 0.4) is 0 Å². The summed E-state index contributed by atoms with van der Waals surface area (Å²) in [6.45, 7) is 0. The van der Waals surface area contributed by atoms with Crippen LogP contribution in [-0.4, -0.2) is 18.2 Å². The predicted octanol–water partition coefficient (Wildman–Crippen LogP) is 5.54. The molecule has 2 heterocycles. The molecule has 0 N–H and O–H groups in total. The molecule has 3 aliphatic rings. The van der Waals surface area contributed by atoms with Crippen molar-refractivity contribution >= 4 is 11.4 Å². The number of hydrogen-bond acceptors (Lipinski definition) is 4. The number of hydroxylamine groups is 2. The summed E-state index contributed by atoms with van der Waals surface area (Å²) >= 11 is 0. The Kier molecular flexibility index (Phi) is 4.47. The first kappa shape index (κ1) is 18.0. The molecule has 0 unspecified atom stereocenters. The van der Waals surface area contributed by atoms with E-state index in [1.165, 1.54) is 5.56 Å². The summed E-state index contributed by atoms with van der Waals surface area (Å²) in [6.07, 6.45) is 3.56. The first-order chi connectivity index (χ1) is 14.9. The maximum absolute atomic E-state index is 6.69. The summed E-state index contributed by atoms with van der Waals surface area (Å²) in [5.74, 6) is 0.320. The lowest BCUT2D eigenvalue weighted by molar-refractivity contribution is 0.0170. The lowest BCUT2D eigenvalue weighted by Crippen LogP contribution is -2.42. The molecule has 3 aromatic rings. The first-order valence-electron chi connectivity index (χ1n) is 11.0. The van der Waals surface area contributed by atoms with Gasteiger partial charge in [0.15, 0.2) is 0 Å². The Labute approximate surface area is 177 Å². The third kappa shape index (κ3) is 2.99. The standard InChI is InChI=1S/C26H26N2O2/c1-4-10-19(11-5-1)26-25-23-18-22(29-27(23)20-12-6-2-7-13-20)16-17-24(25)30-28(26)21-14-8-3-9-15-21/h1-15,22-26H,16-18H2/t22-,23-,24-,25-,26+/m1/s1. The molecule has 2 saturated heterocycles. The van der Waals surface area contributed by atoms with Gasteiger partial charge >= 0.3 is 0 Å². The van der Waals surface area contributed by atoms with Crippen LogP contribution in [0.1, 0.15) is 30.9 Å². The monoisotopic (exact) mass is 398 g/mol. The summed E-state index contributed by atoms with van der Waals surface area (Å²) in [6, 6.07) is 32.3. The van der Waals surface area contributed by atoms with Crippen molar-refractivity contribution in [2.45, 2.75) is 43.6 Å². The number of benzene rings is 3. The van der Waals surface area contributed by atoms with Crippen molar-refractivity contribution in [3.8, 4) is 0 Å². The van der Waals surface area contributed by atoms with E-state index in [1.54, 1.807) is 0 Å². The SMILES string of the molecule is c1ccc([C@H]2[C@@H]3[C@H]4C[C@@H](CC[C@H]3ON2c2ccccc2)ON4c2ccccc2)cc1. The van der Waals surface area contributed by atoms with E-state index in [4.69, 9.17) is 9.68 Å². The Hall–Kier alpha value is -2.82. The molecule has 3 fully saturated rings. The van der Waals surface area contributed by atoms with E-state index in [-0.39, 0.29) is 24.3 Å². The number of hydrogen-bond donors (Lipinski definition) is 0. The summed E-state index contributed by atoms with van der Waals surface area (Å²) < 4.78 is 0.